The lowest BCUT2D eigenvalue weighted by molar-refractivity contribution is -0.123. The first-order chi connectivity index (χ1) is 8.63. The Morgan fingerprint density at radius 1 is 1.56 bits per heavy atom. The summed E-state index contributed by atoms with van der Waals surface area (Å²) in [5.41, 5.74) is -0.633. The maximum absolute atomic E-state index is 12.0. The van der Waals surface area contributed by atoms with Crippen LogP contribution < -0.4 is 5.32 Å². The number of hydrogen-bond donors (Lipinski definition) is 1. The van der Waals surface area contributed by atoms with Gasteiger partial charge in [-0.15, -0.1) is 0 Å². The van der Waals surface area contributed by atoms with Crippen LogP contribution in [0.15, 0.2) is 12.2 Å². The summed E-state index contributed by atoms with van der Waals surface area (Å²) < 4.78 is 0. The van der Waals surface area contributed by atoms with E-state index in [2.05, 4.69) is 28.4 Å². The lowest BCUT2D eigenvalue weighted by Gasteiger charge is -2.36. The number of likely N-dealkylation sites (tertiary alicyclic amines) is 1. The van der Waals surface area contributed by atoms with Crippen molar-refractivity contribution in [3.05, 3.63) is 12.2 Å². The zero-order chi connectivity index (χ0) is 13.0. The molecule has 1 N–H and O–H groups in total. The van der Waals surface area contributed by atoms with Gasteiger partial charge in [-0.25, -0.2) is 0 Å². The van der Waals surface area contributed by atoms with E-state index in [-0.39, 0.29) is 5.91 Å². The molecule has 1 unspecified atom stereocenters. The first kappa shape index (κ1) is 13.1. The van der Waals surface area contributed by atoms with Gasteiger partial charge in [-0.3, -0.25) is 4.79 Å². The second-order valence-electron chi connectivity index (χ2n) is 5.52. The fourth-order valence-electron chi connectivity index (χ4n) is 2.69. The first-order valence-electron chi connectivity index (χ1n) is 6.71. The Balaban J connectivity index is 1.88. The highest BCUT2D eigenvalue weighted by Gasteiger charge is 2.35. The number of amides is 1. The Morgan fingerprint density at radius 3 is 2.83 bits per heavy atom. The van der Waals surface area contributed by atoms with E-state index in [4.69, 9.17) is 0 Å². The van der Waals surface area contributed by atoms with Gasteiger partial charge in [-0.2, -0.15) is 5.26 Å². The molecule has 4 nitrogen and oxygen atoms in total. The summed E-state index contributed by atoms with van der Waals surface area (Å²) in [6.07, 6.45) is 8.37. The van der Waals surface area contributed by atoms with Crippen molar-refractivity contribution in [3.8, 4) is 6.07 Å². The number of carbonyl (C=O) groups excluding carboxylic acids is 1. The minimum atomic E-state index is -0.633. The van der Waals surface area contributed by atoms with E-state index in [0.717, 1.165) is 38.8 Å². The Bertz CT molecular complexity index is 375. The van der Waals surface area contributed by atoms with E-state index in [1.807, 2.05) is 7.05 Å². The summed E-state index contributed by atoms with van der Waals surface area (Å²) in [5.74, 6) is 0.393. The number of carbonyl (C=O) groups is 1. The van der Waals surface area contributed by atoms with Crippen molar-refractivity contribution in [1.82, 2.24) is 10.2 Å². The maximum atomic E-state index is 12.0. The first-order valence-corrected chi connectivity index (χ1v) is 6.71. The fraction of sp³-hybridized carbons (Fsp3) is 0.714. The topological polar surface area (TPSA) is 56.1 Å². The third-order valence-corrected chi connectivity index (χ3v) is 3.99. The van der Waals surface area contributed by atoms with Crippen LogP contribution in [-0.2, 0) is 4.79 Å². The van der Waals surface area contributed by atoms with E-state index >= 15 is 0 Å². The Kier molecular flexibility index (Phi) is 4.03. The van der Waals surface area contributed by atoms with E-state index < -0.39 is 5.54 Å². The molecule has 4 heteroatoms. The van der Waals surface area contributed by atoms with Gasteiger partial charge in [0, 0.05) is 19.5 Å². The van der Waals surface area contributed by atoms with Crippen molar-refractivity contribution in [2.24, 2.45) is 5.92 Å². The third kappa shape index (κ3) is 3.11. The maximum Gasteiger partial charge on any atom is 0.221 e. The number of rotatable bonds is 3. The number of allylic oxidation sites excluding steroid dienone is 2. The zero-order valence-corrected chi connectivity index (χ0v) is 11.0. The second-order valence-corrected chi connectivity index (χ2v) is 5.52. The molecule has 2 aliphatic rings. The lowest BCUT2D eigenvalue weighted by atomic mass is 9.88. The van der Waals surface area contributed by atoms with Gasteiger partial charge >= 0.3 is 0 Å². The molecule has 1 aliphatic carbocycles. The highest BCUT2D eigenvalue weighted by Crippen LogP contribution is 2.23. The Morgan fingerprint density at radius 2 is 2.28 bits per heavy atom. The molecule has 0 aromatic rings. The van der Waals surface area contributed by atoms with Crippen molar-refractivity contribution in [1.29, 1.82) is 5.26 Å². The van der Waals surface area contributed by atoms with Gasteiger partial charge in [0.2, 0.25) is 5.91 Å². The number of hydrogen-bond acceptors (Lipinski definition) is 3. The van der Waals surface area contributed by atoms with Crippen molar-refractivity contribution in [2.45, 2.75) is 37.6 Å². The van der Waals surface area contributed by atoms with Crippen molar-refractivity contribution in [3.63, 3.8) is 0 Å². The van der Waals surface area contributed by atoms with Crippen molar-refractivity contribution in [2.75, 3.05) is 20.1 Å². The molecule has 98 valence electrons. The number of piperidine rings is 1. The average molecular weight is 247 g/mol. The molecular formula is C14H21N3O. The van der Waals surface area contributed by atoms with Crippen LogP contribution in [0.25, 0.3) is 0 Å². The minimum absolute atomic E-state index is 0.0256. The molecule has 1 aliphatic heterocycles. The van der Waals surface area contributed by atoms with Crippen LogP contribution in [0.5, 0.6) is 0 Å². The molecule has 0 bridgehead atoms. The lowest BCUT2D eigenvalue weighted by Crippen LogP contribution is -2.54. The molecule has 1 heterocycles. The minimum Gasteiger partial charge on any atom is -0.338 e. The van der Waals surface area contributed by atoms with Crippen LogP contribution in [0.2, 0.25) is 0 Å². The summed E-state index contributed by atoms with van der Waals surface area (Å²) >= 11 is 0. The number of nitrogens with one attached hydrogen (secondary N) is 1. The molecule has 0 aromatic heterocycles. The molecule has 2 rings (SSSR count). The molecule has 1 fully saturated rings. The van der Waals surface area contributed by atoms with E-state index in [0.29, 0.717) is 12.3 Å². The molecule has 0 aromatic carbocycles. The van der Waals surface area contributed by atoms with Gasteiger partial charge in [0.25, 0.3) is 0 Å². The van der Waals surface area contributed by atoms with Gasteiger partial charge < -0.3 is 10.2 Å². The predicted octanol–water partition coefficient (Wildman–Crippen LogP) is 1.45. The molecule has 1 atom stereocenters. The highest BCUT2D eigenvalue weighted by atomic mass is 16.1. The van der Waals surface area contributed by atoms with Crippen LogP contribution in [0.1, 0.15) is 32.1 Å². The van der Waals surface area contributed by atoms with E-state index in [1.54, 1.807) is 0 Å². The van der Waals surface area contributed by atoms with Crippen LogP contribution >= 0.6 is 0 Å². The van der Waals surface area contributed by atoms with Gasteiger partial charge in [-0.1, -0.05) is 12.2 Å². The van der Waals surface area contributed by atoms with E-state index in [9.17, 15) is 10.1 Å². The number of nitriles is 1. The predicted molar refractivity (Wildman–Crippen MR) is 69.7 cm³/mol. The normalized spacial score (nSPS) is 26.8. The highest BCUT2D eigenvalue weighted by molar-refractivity contribution is 5.77. The largest absolute Gasteiger partial charge is 0.338 e. The smallest absolute Gasteiger partial charge is 0.221 e. The number of nitrogens with zero attached hydrogens (tertiary/aromatic N) is 2. The Labute approximate surface area is 109 Å². The second kappa shape index (κ2) is 5.53. The molecule has 18 heavy (non-hydrogen) atoms. The van der Waals surface area contributed by atoms with Gasteiger partial charge in [0.15, 0.2) is 0 Å². The summed E-state index contributed by atoms with van der Waals surface area (Å²) in [6.45, 7) is 1.74. The van der Waals surface area contributed by atoms with Crippen molar-refractivity contribution < 1.29 is 4.79 Å². The van der Waals surface area contributed by atoms with E-state index in [1.165, 1.54) is 0 Å². The van der Waals surface area contributed by atoms with Gasteiger partial charge in [0.1, 0.15) is 5.54 Å². The molecule has 0 spiro atoms. The van der Waals surface area contributed by atoms with Gasteiger partial charge in [0.05, 0.1) is 6.07 Å². The molecule has 1 amide bonds. The molecule has 0 saturated carbocycles. The van der Waals surface area contributed by atoms with Crippen LogP contribution in [0.4, 0.5) is 0 Å². The standard InChI is InChI=1S/C14H21N3O/c1-17-8-6-14(11-15,7-9-17)16-13(18)10-12-4-2-3-5-12/h2,4,12H,3,5-10H2,1H3,(H,16,18). The summed E-state index contributed by atoms with van der Waals surface area (Å²) in [4.78, 5) is 14.2. The zero-order valence-electron chi connectivity index (χ0n) is 11.0. The Hall–Kier alpha value is -1.34. The fourth-order valence-corrected chi connectivity index (χ4v) is 2.69. The SMILES string of the molecule is CN1CCC(C#N)(NC(=O)CC2C=CCC2)CC1. The summed E-state index contributed by atoms with van der Waals surface area (Å²) in [7, 11) is 2.05. The molecule has 0 radical (unpaired) electrons. The summed E-state index contributed by atoms with van der Waals surface area (Å²) in [6, 6.07) is 2.32. The monoisotopic (exact) mass is 247 g/mol. The average Bonchev–Trinajstić information content (AvgIpc) is 2.85. The molecular weight excluding hydrogens is 226 g/mol. The van der Waals surface area contributed by atoms with Crippen molar-refractivity contribution >= 4 is 5.91 Å². The summed E-state index contributed by atoms with van der Waals surface area (Å²) in [5, 5.41) is 12.3. The van der Waals surface area contributed by atoms with Crippen LogP contribution in [0.3, 0.4) is 0 Å². The van der Waals surface area contributed by atoms with Gasteiger partial charge in [-0.05, 0) is 38.6 Å². The van der Waals surface area contributed by atoms with Crippen LogP contribution in [0, 0.1) is 17.2 Å². The van der Waals surface area contributed by atoms with Crippen LogP contribution in [-0.4, -0.2) is 36.5 Å². The quantitative estimate of drug-likeness (QED) is 0.768. The molecule has 1 saturated heterocycles. The third-order valence-electron chi connectivity index (χ3n) is 3.99.